The Bertz CT molecular complexity index is 1150. The predicted octanol–water partition coefficient (Wildman–Crippen LogP) is 4.37. The zero-order valence-corrected chi connectivity index (χ0v) is 19.4. The van der Waals surface area contributed by atoms with E-state index in [0.29, 0.717) is 37.8 Å². The van der Waals surface area contributed by atoms with Crippen LogP contribution in [0.5, 0.6) is 0 Å². The number of carbonyl (C=O) groups excluding carboxylic acids is 1. The van der Waals surface area contributed by atoms with Crippen LogP contribution in [-0.4, -0.2) is 57.2 Å². The minimum atomic E-state index is -4.45. The number of nitrogens with zero attached hydrogens (tertiary/aromatic N) is 5. The molecule has 0 aliphatic carbocycles. The number of halogens is 3. The first-order valence-corrected chi connectivity index (χ1v) is 11.0. The molecule has 4 rings (SSSR count). The van der Waals surface area contributed by atoms with E-state index in [2.05, 4.69) is 20.2 Å². The molecule has 2 atom stereocenters. The van der Waals surface area contributed by atoms with Gasteiger partial charge in [0.25, 0.3) is 0 Å². The number of aryl methyl sites for hydroxylation is 2. The first-order valence-electron chi connectivity index (χ1n) is 11.0. The number of piperazine rings is 1. The molecule has 1 fully saturated rings. The first-order chi connectivity index (χ1) is 16.1. The van der Waals surface area contributed by atoms with E-state index in [-0.39, 0.29) is 29.3 Å². The van der Waals surface area contributed by atoms with E-state index in [1.807, 2.05) is 25.7 Å². The summed E-state index contributed by atoms with van der Waals surface area (Å²) in [5.41, 5.74) is 1.02. The summed E-state index contributed by atoms with van der Waals surface area (Å²) in [7, 11) is 0. The van der Waals surface area contributed by atoms with Crippen LogP contribution in [0.1, 0.15) is 54.3 Å². The molecule has 3 aromatic rings. The Hall–Kier alpha value is -3.21. The lowest BCUT2D eigenvalue weighted by molar-refractivity contribution is -0.137. The maximum absolute atomic E-state index is 13.0. The van der Waals surface area contributed by atoms with E-state index in [9.17, 15) is 18.0 Å². The normalized spacial score (nSPS) is 17.1. The van der Waals surface area contributed by atoms with Crippen LogP contribution in [0.15, 0.2) is 33.3 Å². The molecule has 2 unspecified atom stereocenters. The van der Waals surface area contributed by atoms with E-state index in [4.69, 9.17) is 9.05 Å². The van der Waals surface area contributed by atoms with Crippen molar-refractivity contribution in [1.29, 1.82) is 0 Å². The smallest absolute Gasteiger partial charge is 0.361 e. The average Bonchev–Trinajstić information content (AvgIpc) is 3.44. The van der Waals surface area contributed by atoms with Crippen LogP contribution in [0, 0.1) is 13.8 Å². The van der Waals surface area contributed by atoms with Gasteiger partial charge in [-0.3, -0.25) is 9.69 Å². The third-order valence-corrected chi connectivity index (χ3v) is 6.31. The van der Waals surface area contributed by atoms with Crippen LogP contribution in [0.2, 0.25) is 0 Å². The molecule has 2 aromatic heterocycles. The predicted molar refractivity (Wildman–Crippen MR) is 116 cm³/mol. The van der Waals surface area contributed by atoms with E-state index in [0.717, 1.165) is 23.4 Å². The van der Waals surface area contributed by atoms with Crippen LogP contribution in [0.25, 0.3) is 11.4 Å². The highest BCUT2D eigenvalue weighted by Crippen LogP contribution is 2.32. The van der Waals surface area contributed by atoms with E-state index in [1.54, 1.807) is 6.92 Å². The Labute approximate surface area is 194 Å². The standard InChI is InChI=1S/C23H26F3N5O3/c1-13(19-14(2)28-33-16(19)4)22(32)31-10-8-30(9-11-31)15(3)21-27-20(29-34-21)17-6-5-7-18(12-17)23(24,25)26/h5-7,12-13,15H,8-11H2,1-4H3. The lowest BCUT2D eigenvalue weighted by Gasteiger charge is -2.37. The van der Waals surface area contributed by atoms with Crippen molar-refractivity contribution < 1.29 is 27.0 Å². The zero-order valence-electron chi connectivity index (χ0n) is 19.4. The number of hydrogen-bond donors (Lipinski definition) is 0. The summed E-state index contributed by atoms with van der Waals surface area (Å²) in [6, 6.07) is 4.59. The number of benzene rings is 1. The van der Waals surface area contributed by atoms with Crippen molar-refractivity contribution >= 4 is 5.91 Å². The van der Waals surface area contributed by atoms with Crippen molar-refractivity contribution in [2.24, 2.45) is 0 Å². The Morgan fingerprint density at radius 1 is 1.06 bits per heavy atom. The second-order valence-corrected chi connectivity index (χ2v) is 8.53. The minimum Gasteiger partial charge on any atom is -0.361 e. The van der Waals surface area contributed by atoms with Gasteiger partial charge in [0.05, 0.1) is 23.2 Å². The first kappa shape index (κ1) is 23.9. The van der Waals surface area contributed by atoms with Crippen LogP contribution in [0.3, 0.4) is 0 Å². The summed E-state index contributed by atoms with van der Waals surface area (Å²) in [5.74, 6) is 0.748. The number of rotatable bonds is 5. The molecule has 0 bridgehead atoms. The molecular weight excluding hydrogens is 451 g/mol. The van der Waals surface area contributed by atoms with Gasteiger partial charge in [0.2, 0.25) is 17.6 Å². The Balaban J connectivity index is 1.39. The van der Waals surface area contributed by atoms with Crippen molar-refractivity contribution in [3.8, 4) is 11.4 Å². The third kappa shape index (κ3) is 4.70. The zero-order chi connectivity index (χ0) is 24.6. The highest BCUT2D eigenvalue weighted by molar-refractivity contribution is 5.84. The Kier molecular flexibility index (Phi) is 6.48. The van der Waals surface area contributed by atoms with Gasteiger partial charge in [0.15, 0.2) is 0 Å². The molecule has 1 amide bonds. The molecule has 182 valence electrons. The highest BCUT2D eigenvalue weighted by Gasteiger charge is 2.33. The van der Waals surface area contributed by atoms with Crippen molar-refractivity contribution in [3.63, 3.8) is 0 Å². The Morgan fingerprint density at radius 2 is 1.76 bits per heavy atom. The number of hydrogen-bond acceptors (Lipinski definition) is 7. The summed E-state index contributed by atoms with van der Waals surface area (Å²) >= 11 is 0. The number of alkyl halides is 3. The third-order valence-electron chi connectivity index (χ3n) is 6.31. The van der Waals surface area contributed by atoms with Crippen LogP contribution in [0.4, 0.5) is 13.2 Å². The van der Waals surface area contributed by atoms with Gasteiger partial charge in [-0.1, -0.05) is 22.4 Å². The van der Waals surface area contributed by atoms with Gasteiger partial charge >= 0.3 is 6.18 Å². The number of amides is 1. The quantitative estimate of drug-likeness (QED) is 0.539. The molecule has 1 aliphatic rings. The van der Waals surface area contributed by atoms with E-state index in [1.165, 1.54) is 12.1 Å². The van der Waals surface area contributed by atoms with Gasteiger partial charge in [0, 0.05) is 37.3 Å². The van der Waals surface area contributed by atoms with Gasteiger partial charge < -0.3 is 13.9 Å². The molecule has 11 heteroatoms. The Morgan fingerprint density at radius 3 is 2.38 bits per heavy atom. The van der Waals surface area contributed by atoms with Crippen LogP contribution >= 0.6 is 0 Å². The molecule has 34 heavy (non-hydrogen) atoms. The summed E-state index contributed by atoms with van der Waals surface area (Å²) < 4.78 is 49.6. The van der Waals surface area contributed by atoms with Gasteiger partial charge in [-0.2, -0.15) is 18.2 Å². The van der Waals surface area contributed by atoms with Crippen molar-refractivity contribution in [3.05, 3.63) is 52.7 Å². The summed E-state index contributed by atoms with van der Waals surface area (Å²) in [4.78, 5) is 21.3. The van der Waals surface area contributed by atoms with Gasteiger partial charge in [-0.25, -0.2) is 0 Å². The van der Waals surface area contributed by atoms with Gasteiger partial charge in [-0.05, 0) is 39.8 Å². The lowest BCUT2D eigenvalue weighted by Crippen LogP contribution is -2.50. The summed E-state index contributed by atoms with van der Waals surface area (Å²) in [6.45, 7) is 9.65. The molecule has 0 N–H and O–H groups in total. The van der Waals surface area contributed by atoms with Crippen LogP contribution < -0.4 is 0 Å². The molecule has 1 aromatic carbocycles. The second-order valence-electron chi connectivity index (χ2n) is 8.53. The number of carbonyl (C=O) groups is 1. The van der Waals surface area contributed by atoms with Crippen LogP contribution in [-0.2, 0) is 11.0 Å². The van der Waals surface area contributed by atoms with Crippen molar-refractivity contribution in [2.45, 2.75) is 45.8 Å². The van der Waals surface area contributed by atoms with E-state index >= 15 is 0 Å². The fourth-order valence-corrected chi connectivity index (χ4v) is 4.35. The fraction of sp³-hybridized carbons (Fsp3) is 0.478. The highest BCUT2D eigenvalue weighted by atomic mass is 19.4. The SMILES string of the molecule is Cc1noc(C)c1C(C)C(=O)N1CCN(C(C)c2nc(-c3cccc(C(F)(F)F)c3)no2)CC1. The minimum absolute atomic E-state index is 0.0197. The van der Waals surface area contributed by atoms with E-state index < -0.39 is 11.7 Å². The maximum atomic E-state index is 13.0. The molecule has 0 spiro atoms. The van der Waals surface area contributed by atoms with Gasteiger partial charge in [0.1, 0.15) is 5.76 Å². The molecular formula is C23H26F3N5O3. The maximum Gasteiger partial charge on any atom is 0.416 e. The number of aromatic nitrogens is 3. The second kappa shape index (κ2) is 9.21. The summed E-state index contributed by atoms with van der Waals surface area (Å²) in [5, 5.41) is 7.82. The molecule has 1 aliphatic heterocycles. The molecule has 8 nitrogen and oxygen atoms in total. The molecule has 0 saturated carbocycles. The topological polar surface area (TPSA) is 88.5 Å². The monoisotopic (exact) mass is 477 g/mol. The van der Waals surface area contributed by atoms with Crippen molar-refractivity contribution in [1.82, 2.24) is 25.1 Å². The summed E-state index contributed by atoms with van der Waals surface area (Å²) in [6.07, 6.45) is -4.45. The largest absolute Gasteiger partial charge is 0.416 e. The van der Waals surface area contributed by atoms with Gasteiger partial charge in [-0.15, -0.1) is 0 Å². The molecule has 1 saturated heterocycles. The molecule has 3 heterocycles. The van der Waals surface area contributed by atoms with Crippen molar-refractivity contribution in [2.75, 3.05) is 26.2 Å². The fourth-order valence-electron chi connectivity index (χ4n) is 4.35. The lowest BCUT2D eigenvalue weighted by atomic mass is 9.97. The average molecular weight is 477 g/mol. The molecule has 0 radical (unpaired) electrons.